The van der Waals surface area contributed by atoms with Crippen molar-refractivity contribution in [2.45, 2.75) is 48.1 Å². The minimum atomic E-state index is -3.78. The number of aliphatic hydroxyl groups is 1. The number of aromatic amines is 1. The van der Waals surface area contributed by atoms with Crippen LogP contribution in [0.2, 0.25) is 0 Å². The second-order valence-electron chi connectivity index (χ2n) is 9.85. The Balaban J connectivity index is 1.16. The van der Waals surface area contributed by atoms with Crippen molar-refractivity contribution < 1.29 is 23.0 Å². The normalized spacial score (nSPS) is 19.2. The lowest BCUT2D eigenvalue weighted by Gasteiger charge is -2.36. The zero-order valence-corrected chi connectivity index (χ0v) is 24.1. The molecule has 3 heterocycles. The van der Waals surface area contributed by atoms with E-state index in [0.29, 0.717) is 17.7 Å². The van der Waals surface area contributed by atoms with Gasteiger partial charge in [-0.1, -0.05) is 78.5 Å². The van der Waals surface area contributed by atoms with Gasteiger partial charge in [-0.3, -0.25) is 10.1 Å². The molecule has 1 aliphatic rings. The number of pyridine rings is 1. The molecule has 1 aliphatic heterocycles. The lowest BCUT2D eigenvalue weighted by Crippen LogP contribution is -2.31. The first-order valence-electron chi connectivity index (χ1n) is 13.4. The van der Waals surface area contributed by atoms with Crippen LogP contribution in [0.4, 0.5) is 0 Å². The smallest absolute Gasteiger partial charge is 0.243 e. The molecule has 42 heavy (non-hydrogen) atoms. The number of ether oxygens (including phenoxy) is 2. The average Bonchev–Trinajstić information content (AvgIpc) is 3.57. The molecule has 0 saturated carbocycles. The van der Waals surface area contributed by atoms with Gasteiger partial charge in [-0.15, -0.1) is 0 Å². The van der Waals surface area contributed by atoms with E-state index in [2.05, 4.69) is 24.9 Å². The number of rotatable bonds is 10. The predicted molar refractivity (Wildman–Crippen MR) is 158 cm³/mol. The maximum Gasteiger partial charge on any atom is 0.243 e. The van der Waals surface area contributed by atoms with Crippen molar-refractivity contribution in [3.05, 3.63) is 114 Å². The number of hydrogen-bond acceptors (Lipinski definition) is 9. The van der Waals surface area contributed by atoms with E-state index in [-0.39, 0.29) is 30.3 Å². The van der Waals surface area contributed by atoms with Gasteiger partial charge in [0, 0.05) is 35.9 Å². The van der Waals surface area contributed by atoms with E-state index >= 15 is 0 Å². The van der Waals surface area contributed by atoms with E-state index in [1.807, 2.05) is 60.7 Å². The second kappa shape index (κ2) is 12.7. The highest BCUT2D eigenvalue weighted by atomic mass is 32.2. The van der Waals surface area contributed by atoms with Gasteiger partial charge in [-0.05, 0) is 28.8 Å². The molecule has 6 rings (SSSR count). The van der Waals surface area contributed by atoms with Crippen LogP contribution in [0.1, 0.15) is 41.1 Å². The van der Waals surface area contributed by atoms with E-state index in [0.717, 1.165) is 32.8 Å². The van der Waals surface area contributed by atoms with E-state index < -0.39 is 16.3 Å². The Morgan fingerprint density at radius 1 is 0.929 bits per heavy atom. The summed E-state index contributed by atoms with van der Waals surface area (Å²) in [5.74, 6) is 0.656. The number of fused-ring (bicyclic) bond motifs is 1. The lowest BCUT2D eigenvalue weighted by molar-refractivity contribution is -0.245. The van der Waals surface area contributed by atoms with Crippen LogP contribution in [0.25, 0.3) is 10.9 Å². The molecule has 1 saturated heterocycles. The minimum absolute atomic E-state index is 0.0185. The molecular formula is C30H29N5O5S2. The molecule has 2 aromatic heterocycles. The van der Waals surface area contributed by atoms with E-state index in [1.165, 1.54) is 18.1 Å². The molecule has 0 aliphatic carbocycles. The molecular weight excluding hydrogens is 574 g/mol. The van der Waals surface area contributed by atoms with Crippen molar-refractivity contribution in [3.8, 4) is 0 Å². The third-order valence-electron chi connectivity index (χ3n) is 7.02. The lowest BCUT2D eigenvalue weighted by atomic mass is 10.0. The third-order valence-corrected chi connectivity index (χ3v) is 9.46. The highest BCUT2D eigenvalue weighted by molar-refractivity contribution is 7.99. The SMILES string of the molecule is O=S(=O)(NCc1ccc(C2O[C@H](CSc3ncn[nH]3)C[C@H](c3ccc(CO)cc3)O2)cc1)c1cccc2cccnc12. The van der Waals surface area contributed by atoms with Gasteiger partial charge < -0.3 is 14.6 Å². The molecule has 0 spiro atoms. The zero-order valence-electron chi connectivity index (χ0n) is 22.5. The standard InChI is InChI=1S/C30H29N5O5S2/c36-17-21-8-10-22(11-9-21)26-15-25(18-41-30-32-19-33-35-30)39-29(40-26)24-12-6-20(7-13-24)16-34-42(37,38)27-5-1-3-23-4-2-14-31-28(23)27/h1-14,19,25-26,29,34,36H,15-18H2,(H,32,33,35)/t25-,26+,29?/m0/s1. The number of hydrogen-bond donors (Lipinski definition) is 3. The number of sulfonamides is 1. The summed E-state index contributed by atoms with van der Waals surface area (Å²) in [6.45, 7) is 0.101. The second-order valence-corrected chi connectivity index (χ2v) is 12.6. The monoisotopic (exact) mass is 603 g/mol. The van der Waals surface area contributed by atoms with Crippen molar-refractivity contribution in [3.63, 3.8) is 0 Å². The molecule has 0 radical (unpaired) electrons. The van der Waals surface area contributed by atoms with Crippen LogP contribution in [0.5, 0.6) is 0 Å². The van der Waals surface area contributed by atoms with Crippen LogP contribution < -0.4 is 4.72 Å². The minimum Gasteiger partial charge on any atom is -0.392 e. The molecule has 1 fully saturated rings. The molecule has 1 unspecified atom stereocenters. The average molecular weight is 604 g/mol. The fourth-order valence-corrected chi connectivity index (χ4v) is 6.79. The van der Waals surface area contributed by atoms with E-state index in [4.69, 9.17) is 9.47 Å². The summed E-state index contributed by atoms with van der Waals surface area (Å²) in [5, 5.41) is 17.7. The topological polar surface area (TPSA) is 139 Å². The van der Waals surface area contributed by atoms with E-state index in [9.17, 15) is 13.5 Å². The molecule has 0 amide bonds. The van der Waals surface area contributed by atoms with Gasteiger partial charge in [0.1, 0.15) is 11.2 Å². The maximum absolute atomic E-state index is 13.1. The summed E-state index contributed by atoms with van der Waals surface area (Å²) >= 11 is 1.53. The number of thioether (sulfide) groups is 1. The van der Waals surface area contributed by atoms with Crippen molar-refractivity contribution in [1.29, 1.82) is 0 Å². The van der Waals surface area contributed by atoms with Crippen LogP contribution in [-0.2, 0) is 32.6 Å². The van der Waals surface area contributed by atoms with Gasteiger partial charge >= 0.3 is 0 Å². The summed E-state index contributed by atoms with van der Waals surface area (Å²) in [4.78, 5) is 8.60. The number of benzene rings is 3. The highest BCUT2D eigenvalue weighted by Gasteiger charge is 2.32. The van der Waals surface area contributed by atoms with Crippen molar-refractivity contribution in [1.82, 2.24) is 24.9 Å². The quantitative estimate of drug-likeness (QED) is 0.195. The largest absolute Gasteiger partial charge is 0.392 e. The number of aliphatic hydroxyl groups excluding tert-OH is 1. The van der Waals surface area contributed by atoms with Gasteiger partial charge in [0.15, 0.2) is 11.4 Å². The van der Waals surface area contributed by atoms with Gasteiger partial charge in [0.2, 0.25) is 10.0 Å². The zero-order chi connectivity index (χ0) is 28.9. The fourth-order valence-electron chi connectivity index (χ4n) is 4.80. The van der Waals surface area contributed by atoms with Gasteiger partial charge in [0.25, 0.3) is 0 Å². The van der Waals surface area contributed by atoms with Crippen LogP contribution in [0, 0.1) is 0 Å². The van der Waals surface area contributed by atoms with Gasteiger partial charge in [-0.25, -0.2) is 18.1 Å². The highest BCUT2D eigenvalue weighted by Crippen LogP contribution is 2.39. The number of nitrogens with one attached hydrogen (secondary N) is 2. The first-order valence-corrected chi connectivity index (χ1v) is 15.9. The summed E-state index contributed by atoms with van der Waals surface area (Å²) in [6.07, 6.45) is 2.76. The van der Waals surface area contributed by atoms with Crippen LogP contribution in [0.3, 0.4) is 0 Å². The van der Waals surface area contributed by atoms with Crippen molar-refractivity contribution in [2.24, 2.45) is 0 Å². The van der Waals surface area contributed by atoms with Gasteiger partial charge in [-0.2, -0.15) is 5.10 Å². The Bertz CT molecular complexity index is 1730. The first-order chi connectivity index (χ1) is 20.5. The Morgan fingerprint density at radius 2 is 1.69 bits per heavy atom. The van der Waals surface area contributed by atoms with Gasteiger partial charge in [0.05, 0.1) is 24.3 Å². The Hall–Kier alpha value is -3.65. The van der Waals surface area contributed by atoms with Crippen LogP contribution in [0.15, 0.2) is 101 Å². The Labute approximate surface area is 247 Å². The molecule has 216 valence electrons. The summed E-state index contributed by atoms with van der Waals surface area (Å²) < 4.78 is 41.7. The first kappa shape index (κ1) is 28.5. The van der Waals surface area contributed by atoms with Crippen molar-refractivity contribution in [2.75, 3.05) is 5.75 Å². The Morgan fingerprint density at radius 3 is 2.45 bits per heavy atom. The number of nitrogens with zero attached hydrogens (tertiary/aromatic N) is 3. The summed E-state index contributed by atoms with van der Waals surface area (Å²) in [5.41, 5.74) is 3.89. The molecule has 3 aromatic carbocycles. The molecule has 3 atom stereocenters. The van der Waals surface area contributed by atoms with E-state index in [1.54, 1.807) is 24.4 Å². The summed E-state index contributed by atoms with van der Waals surface area (Å²) in [6, 6.07) is 24.0. The van der Waals surface area contributed by atoms with Crippen molar-refractivity contribution >= 4 is 32.7 Å². The number of aromatic nitrogens is 4. The third kappa shape index (κ3) is 6.54. The Kier molecular flexibility index (Phi) is 8.60. The van der Waals surface area contributed by atoms with Crippen LogP contribution >= 0.6 is 11.8 Å². The molecule has 3 N–H and O–H groups in total. The molecule has 12 heteroatoms. The predicted octanol–water partition coefficient (Wildman–Crippen LogP) is 4.66. The molecule has 10 nitrogen and oxygen atoms in total. The molecule has 0 bridgehead atoms. The summed E-state index contributed by atoms with van der Waals surface area (Å²) in [7, 11) is -3.78. The number of H-pyrrole nitrogens is 1. The maximum atomic E-state index is 13.1. The fraction of sp³-hybridized carbons (Fsp3) is 0.233. The molecule has 5 aromatic rings. The number of para-hydroxylation sites is 1. The van der Waals surface area contributed by atoms with Crippen LogP contribution in [-0.4, -0.2) is 45.5 Å².